The van der Waals surface area contributed by atoms with Crippen LogP contribution in [0.2, 0.25) is 0 Å². The Morgan fingerprint density at radius 1 is 1.35 bits per heavy atom. The van der Waals surface area contributed by atoms with Crippen LogP contribution >= 0.6 is 38.6 Å². The van der Waals surface area contributed by atoms with Gasteiger partial charge in [0.05, 0.1) is 8.66 Å². The molecule has 1 aliphatic carbocycles. The number of rotatable bonds is 3. The molecule has 0 atom stereocenters. The lowest BCUT2D eigenvalue weighted by molar-refractivity contribution is 0.0790. The van der Waals surface area contributed by atoms with Crippen LogP contribution in [0.15, 0.2) is 21.3 Å². The third kappa shape index (κ3) is 3.00. The first-order chi connectivity index (χ1) is 9.63. The monoisotopic (exact) mass is 369 g/mol. The highest BCUT2D eigenvalue weighted by molar-refractivity contribution is 9.11. The Morgan fingerprint density at radius 2 is 2.15 bits per heavy atom. The summed E-state index contributed by atoms with van der Waals surface area (Å²) in [5.41, 5.74) is 2.58. The molecule has 0 spiro atoms. The van der Waals surface area contributed by atoms with Crippen LogP contribution < -0.4 is 0 Å². The summed E-state index contributed by atoms with van der Waals surface area (Å²) in [5.74, 6) is 0.145. The highest BCUT2D eigenvalue weighted by Crippen LogP contribution is 2.30. The van der Waals surface area contributed by atoms with E-state index >= 15 is 0 Å². The van der Waals surface area contributed by atoms with Crippen LogP contribution in [-0.4, -0.2) is 17.9 Å². The number of fused-ring (bicyclic) bond motifs is 1. The molecular formula is C15H16BrNOS2. The van der Waals surface area contributed by atoms with E-state index < -0.39 is 0 Å². The van der Waals surface area contributed by atoms with Crippen molar-refractivity contribution in [1.82, 2.24) is 4.90 Å². The third-order valence-corrected chi connectivity index (χ3v) is 6.37. The van der Waals surface area contributed by atoms with Crippen LogP contribution in [-0.2, 0) is 19.4 Å². The maximum absolute atomic E-state index is 12.5. The smallest absolute Gasteiger partial charge is 0.263 e. The fourth-order valence-corrected chi connectivity index (χ4v) is 5.01. The van der Waals surface area contributed by atoms with E-state index in [2.05, 4.69) is 33.4 Å². The summed E-state index contributed by atoms with van der Waals surface area (Å²) >= 11 is 6.81. The van der Waals surface area contributed by atoms with Crippen molar-refractivity contribution in [2.45, 2.75) is 32.2 Å². The molecule has 5 heteroatoms. The zero-order valence-electron chi connectivity index (χ0n) is 11.3. The van der Waals surface area contributed by atoms with Crippen molar-refractivity contribution in [1.29, 1.82) is 0 Å². The van der Waals surface area contributed by atoms with E-state index in [9.17, 15) is 4.79 Å². The first kappa shape index (κ1) is 14.3. The van der Waals surface area contributed by atoms with Gasteiger partial charge < -0.3 is 4.90 Å². The first-order valence-corrected chi connectivity index (χ1v) is 9.22. The van der Waals surface area contributed by atoms with Gasteiger partial charge >= 0.3 is 0 Å². The molecule has 3 rings (SSSR count). The SMILES string of the molecule is CN(Cc1csc(Br)c1)C(=O)c1cc2c(s1)CCCC2. The molecule has 0 aliphatic heterocycles. The minimum Gasteiger partial charge on any atom is -0.337 e. The molecule has 1 amide bonds. The summed E-state index contributed by atoms with van der Waals surface area (Å²) in [6.45, 7) is 0.670. The van der Waals surface area contributed by atoms with Crippen molar-refractivity contribution in [2.24, 2.45) is 0 Å². The number of thiophene rings is 2. The van der Waals surface area contributed by atoms with Gasteiger partial charge in [0.15, 0.2) is 0 Å². The number of hydrogen-bond acceptors (Lipinski definition) is 3. The van der Waals surface area contributed by atoms with Gasteiger partial charge in [0.2, 0.25) is 0 Å². The maximum Gasteiger partial charge on any atom is 0.263 e. The lowest BCUT2D eigenvalue weighted by atomic mass is 9.99. The minimum absolute atomic E-state index is 0.145. The summed E-state index contributed by atoms with van der Waals surface area (Å²) in [5, 5.41) is 2.09. The number of nitrogens with zero attached hydrogens (tertiary/aromatic N) is 1. The standard InChI is InChI=1S/C15H16BrNOS2/c1-17(8-10-6-14(16)19-9-10)15(18)13-7-11-4-2-3-5-12(11)20-13/h6-7,9H,2-5,8H2,1H3. The van der Waals surface area contributed by atoms with E-state index in [1.54, 1.807) is 22.7 Å². The second-order valence-corrected chi connectivity index (χ2v) is 8.61. The number of aryl methyl sites for hydroxylation is 2. The largest absolute Gasteiger partial charge is 0.337 e. The molecule has 0 aromatic carbocycles. The topological polar surface area (TPSA) is 20.3 Å². The van der Waals surface area contributed by atoms with Crippen molar-refractivity contribution in [2.75, 3.05) is 7.05 Å². The minimum atomic E-state index is 0.145. The van der Waals surface area contributed by atoms with Crippen molar-refractivity contribution in [3.05, 3.63) is 42.2 Å². The summed E-state index contributed by atoms with van der Waals surface area (Å²) < 4.78 is 1.11. The summed E-state index contributed by atoms with van der Waals surface area (Å²) in [6.07, 6.45) is 4.81. The summed E-state index contributed by atoms with van der Waals surface area (Å²) in [4.78, 5) is 16.6. The number of halogens is 1. The second-order valence-electron chi connectivity index (χ2n) is 5.19. The molecule has 20 heavy (non-hydrogen) atoms. The highest BCUT2D eigenvalue weighted by Gasteiger charge is 2.19. The van der Waals surface area contributed by atoms with E-state index in [1.165, 1.54) is 28.8 Å². The van der Waals surface area contributed by atoms with Gasteiger partial charge in [0, 0.05) is 18.5 Å². The van der Waals surface area contributed by atoms with Crippen molar-refractivity contribution >= 4 is 44.5 Å². The number of carbonyl (C=O) groups is 1. The molecule has 0 saturated heterocycles. The van der Waals surface area contributed by atoms with Gasteiger partial charge in [-0.25, -0.2) is 0 Å². The molecule has 0 saturated carbocycles. The van der Waals surface area contributed by atoms with Crippen molar-refractivity contribution < 1.29 is 4.79 Å². The van der Waals surface area contributed by atoms with Gasteiger partial charge in [-0.2, -0.15) is 0 Å². The Hall–Kier alpha value is -0.650. The summed E-state index contributed by atoms with van der Waals surface area (Å²) in [7, 11) is 1.88. The molecule has 0 unspecified atom stereocenters. The molecule has 0 fully saturated rings. The van der Waals surface area contributed by atoms with Gasteiger partial charge in [0.25, 0.3) is 5.91 Å². The Bertz CT molecular complexity index is 608. The fraction of sp³-hybridized carbons (Fsp3) is 0.400. The molecule has 0 N–H and O–H groups in total. The van der Waals surface area contributed by atoms with Crippen molar-refractivity contribution in [3.63, 3.8) is 0 Å². The molecule has 0 radical (unpaired) electrons. The number of carbonyl (C=O) groups excluding carboxylic acids is 1. The average Bonchev–Trinajstić information content (AvgIpc) is 3.03. The number of hydrogen-bond donors (Lipinski definition) is 0. The Morgan fingerprint density at radius 3 is 2.85 bits per heavy atom. The molecular weight excluding hydrogens is 354 g/mol. The maximum atomic E-state index is 12.5. The molecule has 2 nitrogen and oxygen atoms in total. The lowest BCUT2D eigenvalue weighted by Crippen LogP contribution is -2.25. The first-order valence-electron chi connectivity index (χ1n) is 6.73. The predicted molar refractivity (Wildman–Crippen MR) is 88.8 cm³/mol. The quantitative estimate of drug-likeness (QED) is 0.765. The van der Waals surface area contributed by atoms with E-state index in [0.717, 1.165) is 21.5 Å². The van der Waals surface area contributed by atoms with E-state index in [0.29, 0.717) is 6.54 Å². The summed E-state index contributed by atoms with van der Waals surface area (Å²) in [6, 6.07) is 4.19. The molecule has 2 aromatic rings. The van der Waals surface area contributed by atoms with Gasteiger partial charge in [-0.05, 0) is 70.3 Å². The zero-order valence-corrected chi connectivity index (χ0v) is 14.5. The molecule has 2 aromatic heterocycles. The highest BCUT2D eigenvalue weighted by atomic mass is 79.9. The predicted octanol–water partition coefficient (Wildman–Crippen LogP) is 4.72. The van der Waals surface area contributed by atoms with E-state index in [4.69, 9.17) is 0 Å². The van der Waals surface area contributed by atoms with E-state index in [1.807, 2.05) is 11.9 Å². The zero-order chi connectivity index (χ0) is 14.1. The molecule has 1 aliphatic rings. The van der Waals surface area contributed by atoms with Gasteiger partial charge in [-0.3, -0.25) is 4.79 Å². The average molecular weight is 370 g/mol. The second kappa shape index (κ2) is 6.00. The van der Waals surface area contributed by atoms with Crippen LogP contribution in [0.1, 0.15) is 38.5 Å². The Kier molecular flexibility index (Phi) is 4.29. The fourth-order valence-electron chi connectivity index (χ4n) is 2.56. The Balaban J connectivity index is 1.73. The molecule has 106 valence electrons. The van der Waals surface area contributed by atoms with Crippen LogP contribution in [0.5, 0.6) is 0 Å². The van der Waals surface area contributed by atoms with Gasteiger partial charge in [-0.15, -0.1) is 22.7 Å². The normalized spacial score (nSPS) is 14.1. The van der Waals surface area contributed by atoms with Gasteiger partial charge in [0.1, 0.15) is 0 Å². The van der Waals surface area contributed by atoms with Crippen molar-refractivity contribution in [3.8, 4) is 0 Å². The van der Waals surface area contributed by atoms with Crippen LogP contribution in [0, 0.1) is 0 Å². The van der Waals surface area contributed by atoms with E-state index in [-0.39, 0.29) is 5.91 Å². The van der Waals surface area contributed by atoms with Crippen LogP contribution in [0.4, 0.5) is 0 Å². The molecule has 2 heterocycles. The lowest BCUT2D eigenvalue weighted by Gasteiger charge is -2.15. The molecule has 0 bridgehead atoms. The number of amides is 1. The third-order valence-electron chi connectivity index (χ3n) is 3.60. The van der Waals surface area contributed by atoms with Crippen LogP contribution in [0.25, 0.3) is 0 Å². The Labute approximate surface area is 135 Å². The van der Waals surface area contributed by atoms with Gasteiger partial charge in [-0.1, -0.05) is 0 Å². The van der Waals surface area contributed by atoms with Crippen LogP contribution in [0.3, 0.4) is 0 Å².